The zero-order valence-corrected chi connectivity index (χ0v) is 16.8. The number of sulfonamides is 1. The number of benzene rings is 2. The zero-order valence-electron chi connectivity index (χ0n) is 16.0. The molecule has 1 fully saturated rings. The van der Waals surface area contributed by atoms with Crippen LogP contribution in [-0.2, 0) is 14.8 Å². The van der Waals surface area contributed by atoms with Crippen molar-refractivity contribution in [1.82, 2.24) is 4.31 Å². The Morgan fingerprint density at radius 1 is 1.23 bits per heavy atom. The zero-order chi connectivity index (χ0) is 22.4. The second-order valence-electron chi connectivity index (χ2n) is 6.24. The van der Waals surface area contributed by atoms with E-state index in [1.165, 1.54) is 34.6 Å². The van der Waals surface area contributed by atoms with E-state index in [0.29, 0.717) is 0 Å². The van der Waals surface area contributed by atoms with E-state index in [4.69, 9.17) is 4.74 Å². The summed E-state index contributed by atoms with van der Waals surface area (Å²) in [4.78, 5) is 10.5. The Kier molecular flexibility index (Phi) is 7.09. The van der Waals surface area contributed by atoms with Gasteiger partial charge in [0.15, 0.2) is 0 Å². The van der Waals surface area contributed by atoms with Gasteiger partial charge in [0.05, 0.1) is 29.2 Å². The number of rotatable bonds is 8. The maximum atomic E-state index is 12.7. The number of para-hydroxylation sites is 1. The van der Waals surface area contributed by atoms with E-state index in [0.717, 1.165) is 12.3 Å². The highest BCUT2D eigenvalue weighted by atomic mass is 32.2. The molecule has 2 aromatic rings. The van der Waals surface area contributed by atoms with Gasteiger partial charge in [-0.15, -0.1) is 0 Å². The lowest BCUT2D eigenvalue weighted by Crippen LogP contribution is -2.40. The van der Waals surface area contributed by atoms with Crippen molar-refractivity contribution in [1.29, 1.82) is 0 Å². The summed E-state index contributed by atoms with van der Waals surface area (Å²) in [5, 5.41) is 15.3. The molecule has 10 nitrogen and oxygen atoms in total. The Labute approximate surface area is 176 Å². The molecule has 0 aliphatic carbocycles. The van der Waals surface area contributed by atoms with Crippen molar-refractivity contribution >= 4 is 27.6 Å². The van der Waals surface area contributed by atoms with Gasteiger partial charge in [-0.25, -0.2) is 8.42 Å². The molecule has 0 aromatic heterocycles. The maximum absolute atomic E-state index is 12.7. The van der Waals surface area contributed by atoms with E-state index in [2.05, 4.69) is 15.3 Å². The van der Waals surface area contributed by atoms with Crippen LogP contribution in [0.5, 0.6) is 5.75 Å². The number of hydrogen-bond acceptors (Lipinski definition) is 8. The molecule has 0 radical (unpaired) electrons. The van der Waals surface area contributed by atoms with Crippen LogP contribution in [0.1, 0.15) is 5.56 Å². The number of halogens is 2. The molecule has 0 saturated carbocycles. The van der Waals surface area contributed by atoms with Crippen molar-refractivity contribution in [3.63, 3.8) is 0 Å². The summed E-state index contributed by atoms with van der Waals surface area (Å²) in [6.45, 7) is -2.23. The minimum absolute atomic E-state index is 0.0746. The molecule has 1 aliphatic rings. The van der Waals surface area contributed by atoms with Gasteiger partial charge in [-0.3, -0.25) is 15.5 Å². The first-order valence-corrected chi connectivity index (χ1v) is 10.4. The first-order chi connectivity index (χ1) is 14.8. The SMILES string of the molecule is O=[N+]([O-])c1cc(S(=O)(=O)N2CCOCC2)ccc1N/N=C\c1ccccc1OC(F)F. The van der Waals surface area contributed by atoms with E-state index >= 15 is 0 Å². The fourth-order valence-corrected chi connectivity index (χ4v) is 4.24. The Morgan fingerprint density at radius 3 is 2.61 bits per heavy atom. The number of alkyl halides is 2. The standard InChI is InChI=1S/C18H18F2N4O6S/c19-18(20)30-17-4-2-1-3-13(17)12-21-22-15-6-5-14(11-16(15)24(25)26)31(27,28)23-7-9-29-10-8-23/h1-6,11-12,18,22H,7-10H2/b21-12-. The van der Waals surface area contributed by atoms with E-state index in [1.54, 1.807) is 6.07 Å². The van der Waals surface area contributed by atoms with Crippen molar-refractivity contribution in [2.75, 3.05) is 31.7 Å². The summed E-state index contributed by atoms with van der Waals surface area (Å²) in [6, 6.07) is 9.25. The van der Waals surface area contributed by atoms with Crippen molar-refractivity contribution < 1.29 is 31.6 Å². The van der Waals surface area contributed by atoms with E-state index < -0.39 is 27.2 Å². The van der Waals surface area contributed by atoms with Gasteiger partial charge < -0.3 is 9.47 Å². The highest BCUT2D eigenvalue weighted by Gasteiger charge is 2.28. The molecule has 1 N–H and O–H groups in total. The molecule has 1 saturated heterocycles. The van der Waals surface area contributed by atoms with Gasteiger partial charge >= 0.3 is 6.61 Å². The molecule has 0 amide bonds. The van der Waals surface area contributed by atoms with Crippen LogP contribution < -0.4 is 10.2 Å². The number of hydrogen-bond donors (Lipinski definition) is 1. The van der Waals surface area contributed by atoms with Crippen LogP contribution in [0, 0.1) is 10.1 Å². The number of nitrogens with one attached hydrogen (secondary N) is 1. The van der Waals surface area contributed by atoms with Crippen molar-refractivity contribution in [2.24, 2.45) is 5.10 Å². The fraction of sp³-hybridized carbons (Fsp3) is 0.278. The van der Waals surface area contributed by atoms with Gasteiger partial charge in [0.25, 0.3) is 5.69 Å². The number of ether oxygens (including phenoxy) is 2. The molecule has 31 heavy (non-hydrogen) atoms. The topological polar surface area (TPSA) is 123 Å². The minimum atomic E-state index is -3.92. The lowest BCUT2D eigenvalue weighted by molar-refractivity contribution is -0.384. The first-order valence-electron chi connectivity index (χ1n) is 8.98. The number of nitro benzene ring substituents is 1. The number of anilines is 1. The molecule has 3 rings (SSSR count). The third-order valence-electron chi connectivity index (χ3n) is 4.30. The first kappa shape index (κ1) is 22.5. The van der Waals surface area contributed by atoms with Gasteiger partial charge in [-0.2, -0.15) is 18.2 Å². The number of nitro groups is 1. The molecule has 0 atom stereocenters. The third kappa shape index (κ3) is 5.51. The molecule has 0 spiro atoms. The lowest BCUT2D eigenvalue weighted by atomic mass is 10.2. The van der Waals surface area contributed by atoms with Crippen LogP contribution in [0.4, 0.5) is 20.2 Å². The molecule has 0 bridgehead atoms. The second kappa shape index (κ2) is 9.76. The van der Waals surface area contributed by atoms with Gasteiger partial charge in [-0.1, -0.05) is 12.1 Å². The fourth-order valence-electron chi connectivity index (χ4n) is 2.82. The van der Waals surface area contributed by atoms with Crippen LogP contribution in [-0.4, -0.2) is 56.8 Å². The highest BCUT2D eigenvalue weighted by molar-refractivity contribution is 7.89. The monoisotopic (exact) mass is 456 g/mol. The number of nitrogens with zero attached hydrogens (tertiary/aromatic N) is 3. The van der Waals surface area contributed by atoms with E-state index in [1.807, 2.05) is 0 Å². The molecule has 2 aromatic carbocycles. The Morgan fingerprint density at radius 2 is 1.94 bits per heavy atom. The summed E-state index contributed by atoms with van der Waals surface area (Å²) in [6.07, 6.45) is 1.15. The normalized spacial score (nSPS) is 15.3. The smallest absolute Gasteiger partial charge is 0.387 e. The quantitative estimate of drug-likeness (QED) is 0.368. The predicted molar refractivity (Wildman–Crippen MR) is 107 cm³/mol. The molecule has 1 heterocycles. The summed E-state index contributed by atoms with van der Waals surface area (Å²) in [7, 11) is -3.92. The molecular formula is C18H18F2N4O6S. The average molecular weight is 456 g/mol. The molecular weight excluding hydrogens is 438 g/mol. The van der Waals surface area contributed by atoms with Gasteiger partial charge in [0.1, 0.15) is 11.4 Å². The van der Waals surface area contributed by atoms with Crippen molar-refractivity contribution in [3.05, 3.63) is 58.1 Å². The summed E-state index contributed by atoms with van der Waals surface area (Å²) in [5.41, 5.74) is 2.07. The largest absolute Gasteiger partial charge is 0.434 e. The van der Waals surface area contributed by atoms with Crippen LogP contribution in [0.15, 0.2) is 52.5 Å². The van der Waals surface area contributed by atoms with Gasteiger partial charge in [-0.05, 0) is 24.3 Å². The van der Waals surface area contributed by atoms with E-state index in [9.17, 15) is 27.3 Å². The number of hydrazone groups is 1. The molecule has 0 unspecified atom stereocenters. The maximum Gasteiger partial charge on any atom is 0.387 e. The number of morpholine rings is 1. The van der Waals surface area contributed by atoms with Crippen LogP contribution in [0.3, 0.4) is 0 Å². The summed E-state index contributed by atoms with van der Waals surface area (Å²) >= 11 is 0. The van der Waals surface area contributed by atoms with Crippen LogP contribution >= 0.6 is 0 Å². The average Bonchev–Trinajstić information content (AvgIpc) is 2.75. The Bertz CT molecular complexity index is 1070. The third-order valence-corrected chi connectivity index (χ3v) is 6.19. The highest BCUT2D eigenvalue weighted by Crippen LogP contribution is 2.29. The Hall–Kier alpha value is -3.16. The van der Waals surface area contributed by atoms with E-state index in [-0.39, 0.29) is 48.2 Å². The molecule has 1 aliphatic heterocycles. The summed E-state index contributed by atoms with van der Waals surface area (Å²) < 4.78 is 61.1. The Balaban J connectivity index is 1.83. The van der Waals surface area contributed by atoms with Crippen molar-refractivity contribution in [2.45, 2.75) is 11.5 Å². The van der Waals surface area contributed by atoms with Crippen molar-refractivity contribution in [3.8, 4) is 5.75 Å². The summed E-state index contributed by atoms with van der Waals surface area (Å²) in [5.74, 6) is -0.121. The predicted octanol–water partition coefficient (Wildman–Crippen LogP) is 2.66. The molecule has 166 valence electrons. The van der Waals surface area contributed by atoms with Crippen LogP contribution in [0.2, 0.25) is 0 Å². The molecule has 13 heteroatoms. The lowest BCUT2D eigenvalue weighted by Gasteiger charge is -2.26. The van der Waals surface area contributed by atoms with Gasteiger partial charge in [0.2, 0.25) is 10.0 Å². The van der Waals surface area contributed by atoms with Crippen LogP contribution in [0.25, 0.3) is 0 Å². The second-order valence-corrected chi connectivity index (χ2v) is 8.18. The minimum Gasteiger partial charge on any atom is -0.434 e. The van der Waals surface area contributed by atoms with Gasteiger partial charge in [0, 0.05) is 24.7 Å².